The number of hydrogen-bond acceptors (Lipinski definition) is 4. The number of urea groups is 1. The molecule has 0 aliphatic heterocycles. The molecule has 16 heavy (non-hydrogen) atoms. The van der Waals surface area contributed by atoms with Crippen LogP contribution >= 0.6 is 7.60 Å². The molecule has 0 aromatic heterocycles. The molecule has 1 rings (SSSR count). The molecule has 6 nitrogen and oxygen atoms in total. The molecule has 0 heterocycles. The first-order valence-electron chi connectivity index (χ1n) is 4.54. The highest BCUT2D eigenvalue weighted by Gasteiger charge is 2.09. The van der Waals surface area contributed by atoms with Crippen molar-refractivity contribution in [3.8, 4) is 0 Å². The average molecular weight is 242 g/mol. The first kappa shape index (κ1) is 12.7. The van der Waals surface area contributed by atoms with Crippen LogP contribution in [0.4, 0.5) is 10.5 Å². The Morgan fingerprint density at radius 2 is 1.88 bits per heavy atom. The fourth-order valence-electron chi connectivity index (χ4n) is 0.957. The standard InChI is InChI=1S/C9H13N2O4P/c1-7(16(13,14)15)10-9(12)11-8-5-3-2-4-6-8/h2-7H,1H3,(H2,10,11,12)(H2,13,14,15)/p-2. The van der Waals surface area contributed by atoms with Crippen molar-refractivity contribution in [2.75, 3.05) is 5.32 Å². The van der Waals surface area contributed by atoms with Gasteiger partial charge in [-0.3, -0.25) is 0 Å². The maximum Gasteiger partial charge on any atom is 0.319 e. The number of hydrogen-bond donors (Lipinski definition) is 2. The van der Waals surface area contributed by atoms with Crippen LogP contribution in [-0.4, -0.2) is 11.8 Å². The predicted octanol–water partition coefficient (Wildman–Crippen LogP) is 0.0678. The number of amides is 2. The smallest absolute Gasteiger partial charge is 0.319 e. The number of anilines is 1. The lowest BCUT2D eigenvalue weighted by atomic mass is 10.3. The lowest BCUT2D eigenvalue weighted by molar-refractivity contribution is -0.316. The Morgan fingerprint density at radius 3 is 2.38 bits per heavy atom. The molecule has 0 bridgehead atoms. The van der Waals surface area contributed by atoms with Gasteiger partial charge in [0, 0.05) is 5.69 Å². The number of nitrogens with one attached hydrogen (secondary N) is 2. The Morgan fingerprint density at radius 1 is 1.31 bits per heavy atom. The molecule has 0 radical (unpaired) electrons. The summed E-state index contributed by atoms with van der Waals surface area (Å²) in [6.45, 7) is 1.12. The van der Waals surface area contributed by atoms with Crippen LogP contribution in [0.15, 0.2) is 30.3 Å². The fraction of sp³-hybridized carbons (Fsp3) is 0.222. The highest BCUT2D eigenvalue weighted by atomic mass is 31.2. The SMILES string of the molecule is CC(NC(=O)Nc1ccccc1)P(=O)([O-])[O-]. The molecule has 1 atom stereocenters. The Kier molecular flexibility index (Phi) is 4.06. The van der Waals surface area contributed by atoms with Crippen LogP contribution in [0.5, 0.6) is 0 Å². The summed E-state index contributed by atoms with van der Waals surface area (Å²) in [6.07, 6.45) is 0. The summed E-state index contributed by atoms with van der Waals surface area (Å²) in [4.78, 5) is 32.3. The van der Waals surface area contributed by atoms with Crippen molar-refractivity contribution < 1.29 is 19.1 Å². The minimum absolute atomic E-state index is 0.513. The highest BCUT2D eigenvalue weighted by molar-refractivity contribution is 7.49. The van der Waals surface area contributed by atoms with E-state index in [1.54, 1.807) is 30.3 Å². The van der Waals surface area contributed by atoms with E-state index in [0.717, 1.165) is 6.92 Å². The lowest BCUT2D eigenvalue weighted by Crippen LogP contribution is -2.41. The van der Waals surface area contributed by atoms with E-state index >= 15 is 0 Å². The minimum Gasteiger partial charge on any atom is -0.809 e. The van der Waals surface area contributed by atoms with Gasteiger partial charge in [0.05, 0.1) is 5.78 Å². The zero-order valence-electron chi connectivity index (χ0n) is 8.54. The number of rotatable bonds is 3. The van der Waals surface area contributed by atoms with E-state index in [2.05, 4.69) is 5.32 Å². The molecule has 1 aromatic rings. The summed E-state index contributed by atoms with van der Waals surface area (Å²) < 4.78 is 10.5. The molecule has 0 saturated carbocycles. The third-order valence-electron chi connectivity index (χ3n) is 1.85. The first-order chi connectivity index (χ1) is 7.39. The van der Waals surface area contributed by atoms with Gasteiger partial charge in [0.2, 0.25) is 0 Å². The van der Waals surface area contributed by atoms with Gasteiger partial charge in [-0.1, -0.05) is 18.2 Å². The molecule has 2 N–H and O–H groups in total. The summed E-state index contributed by atoms with van der Waals surface area (Å²) in [7, 11) is -4.79. The molecule has 1 aromatic carbocycles. The molecule has 0 aliphatic rings. The van der Waals surface area contributed by atoms with Crippen LogP contribution in [0.2, 0.25) is 0 Å². The Balaban J connectivity index is 2.52. The quantitative estimate of drug-likeness (QED) is 0.731. The van der Waals surface area contributed by atoms with Gasteiger partial charge in [-0.25, -0.2) is 4.79 Å². The number of carbonyl (C=O) groups is 1. The van der Waals surface area contributed by atoms with Gasteiger partial charge in [-0.15, -0.1) is 0 Å². The van der Waals surface area contributed by atoms with E-state index in [1.807, 2.05) is 5.32 Å². The summed E-state index contributed by atoms with van der Waals surface area (Å²) in [5.74, 6) is -1.43. The Bertz CT molecular complexity index is 403. The normalized spacial score (nSPS) is 12.9. The second kappa shape index (κ2) is 5.12. The third kappa shape index (κ3) is 4.02. The number of para-hydroxylation sites is 1. The minimum atomic E-state index is -4.79. The van der Waals surface area contributed by atoms with Crippen molar-refractivity contribution in [2.45, 2.75) is 12.7 Å². The van der Waals surface area contributed by atoms with Crippen molar-refractivity contribution in [3.05, 3.63) is 30.3 Å². The molecule has 1 unspecified atom stereocenters. The Hall–Kier alpha value is -1.36. The average Bonchev–Trinajstić information content (AvgIpc) is 2.17. The zero-order valence-corrected chi connectivity index (χ0v) is 9.44. The van der Waals surface area contributed by atoms with E-state index in [9.17, 15) is 19.1 Å². The molecule has 0 aliphatic carbocycles. The van der Waals surface area contributed by atoms with Crippen molar-refractivity contribution in [1.82, 2.24) is 5.32 Å². The monoisotopic (exact) mass is 242 g/mol. The van der Waals surface area contributed by atoms with Crippen LogP contribution in [0.1, 0.15) is 6.92 Å². The zero-order chi connectivity index (χ0) is 12.2. The van der Waals surface area contributed by atoms with E-state index < -0.39 is 19.4 Å². The summed E-state index contributed by atoms with van der Waals surface area (Å²) in [5, 5.41) is 4.43. The number of carbonyl (C=O) groups excluding carboxylic acids is 1. The van der Waals surface area contributed by atoms with Crippen LogP contribution in [0.25, 0.3) is 0 Å². The van der Waals surface area contributed by atoms with Crippen molar-refractivity contribution >= 4 is 19.3 Å². The van der Waals surface area contributed by atoms with Crippen molar-refractivity contribution in [2.24, 2.45) is 0 Å². The van der Waals surface area contributed by atoms with Crippen LogP contribution < -0.4 is 20.4 Å². The second-order valence-corrected chi connectivity index (χ2v) is 5.03. The molecule has 7 heteroatoms. The fourth-order valence-corrected chi connectivity index (χ4v) is 1.23. The van der Waals surface area contributed by atoms with E-state index in [1.165, 1.54) is 0 Å². The van der Waals surface area contributed by atoms with Gasteiger partial charge >= 0.3 is 6.03 Å². The molecule has 0 fully saturated rings. The molecule has 88 valence electrons. The Labute approximate surface area is 92.8 Å². The van der Waals surface area contributed by atoms with Gasteiger partial charge in [0.1, 0.15) is 0 Å². The van der Waals surface area contributed by atoms with Gasteiger partial charge in [-0.2, -0.15) is 0 Å². The molecule has 2 amide bonds. The molecule has 0 spiro atoms. The van der Waals surface area contributed by atoms with Crippen LogP contribution in [0, 0.1) is 0 Å². The first-order valence-corrected chi connectivity index (χ1v) is 6.15. The summed E-state index contributed by atoms with van der Waals surface area (Å²) in [5.41, 5.74) is 0.513. The van der Waals surface area contributed by atoms with Crippen molar-refractivity contribution in [1.29, 1.82) is 0 Å². The van der Waals surface area contributed by atoms with E-state index in [-0.39, 0.29) is 0 Å². The molecular formula is C9H11N2O4P-2. The topological polar surface area (TPSA) is 104 Å². The van der Waals surface area contributed by atoms with E-state index in [0.29, 0.717) is 5.69 Å². The van der Waals surface area contributed by atoms with Gasteiger partial charge in [0.25, 0.3) is 0 Å². The maximum absolute atomic E-state index is 11.2. The third-order valence-corrected chi connectivity index (χ3v) is 2.92. The van der Waals surface area contributed by atoms with Gasteiger partial charge < -0.3 is 25.0 Å². The van der Waals surface area contributed by atoms with Gasteiger partial charge in [0.15, 0.2) is 0 Å². The maximum atomic E-state index is 11.2. The second-order valence-electron chi connectivity index (χ2n) is 3.18. The van der Waals surface area contributed by atoms with Crippen molar-refractivity contribution in [3.63, 3.8) is 0 Å². The lowest BCUT2D eigenvalue weighted by Gasteiger charge is -2.36. The van der Waals surface area contributed by atoms with Crippen LogP contribution in [-0.2, 0) is 4.57 Å². The van der Waals surface area contributed by atoms with Gasteiger partial charge in [-0.05, 0) is 26.7 Å². The van der Waals surface area contributed by atoms with E-state index in [4.69, 9.17) is 0 Å². The predicted molar refractivity (Wildman–Crippen MR) is 55.7 cm³/mol. The molecule has 0 saturated heterocycles. The largest absolute Gasteiger partial charge is 0.809 e. The number of benzene rings is 1. The summed E-state index contributed by atoms with van der Waals surface area (Å²) >= 11 is 0. The highest BCUT2D eigenvalue weighted by Crippen LogP contribution is 2.28. The van der Waals surface area contributed by atoms with Crippen LogP contribution in [0.3, 0.4) is 0 Å². The summed E-state index contributed by atoms with van der Waals surface area (Å²) in [6, 6.07) is 7.74. The molecular weight excluding hydrogens is 231 g/mol.